The quantitative estimate of drug-likeness (QED) is 0.644. The van der Waals surface area contributed by atoms with Crippen LogP contribution in [0.15, 0.2) is 18.2 Å². The highest BCUT2D eigenvalue weighted by Crippen LogP contribution is 2.33. The number of hydrogen-bond acceptors (Lipinski definition) is 4. The van der Waals surface area contributed by atoms with E-state index in [1.165, 1.54) is 0 Å². The van der Waals surface area contributed by atoms with Gasteiger partial charge in [-0.15, -0.1) is 0 Å². The first kappa shape index (κ1) is 11.9. The average Bonchev–Trinajstić information content (AvgIpc) is 2.64. The Morgan fingerprint density at radius 2 is 2.24 bits per heavy atom. The van der Waals surface area contributed by atoms with E-state index in [2.05, 4.69) is 0 Å². The minimum Gasteiger partial charge on any atom is -0.482 e. The van der Waals surface area contributed by atoms with Gasteiger partial charge in [-0.25, -0.2) is 0 Å². The van der Waals surface area contributed by atoms with Crippen molar-refractivity contribution in [3.63, 3.8) is 0 Å². The van der Waals surface area contributed by atoms with Crippen molar-refractivity contribution in [2.75, 3.05) is 0 Å². The number of aryl methyl sites for hydroxylation is 1. The first-order chi connectivity index (χ1) is 8.09. The Morgan fingerprint density at radius 1 is 1.47 bits per heavy atom. The molecule has 17 heavy (non-hydrogen) atoms. The molecule has 1 aromatic rings. The van der Waals surface area contributed by atoms with Crippen LogP contribution in [0.25, 0.3) is 0 Å². The van der Waals surface area contributed by atoms with Crippen LogP contribution in [0.4, 0.5) is 5.69 Å². The number of benzene rings is 1. The molecule has 5 nitrogen and oxygen atoms in total. The standard InChI is InChI=1S/C12H16N2O3/c1-8-4-2-7-11(12(8)14(15)16)17-10-6-3-5-9(10)13/h2,4,7,9-10H,3,5-6,13H2,1H3. The first-order valence-corrected chi connectivity index (χ1v) is 5.76. The third-order valence-corrected chi connectivity index (χ3v) is 3.17. The van der Waals surface area contributed by atoms with Gasteiger partial charge >= 0.3 is 5.69 Å². The van der Waals surface area contributed by atoms with Crippen LogP contribution in [-0.2, 0) is 0 Å². The monoisotopic (exact) mass is 236 g/mol. The van der Waals surface area contributed by atoms with Gasteiger partial charge in [-0.2, -0.15) is 0 Å². The second-order valence-electron chi connectivity index (χ2n) is 4.43. The van der Waals surface area contributed by atoms with E-state index < -0.39 is 4.92 Å². The maximum atomic E-state index is 11.0. The van der Waals surface area contributed by atoms with Gasteiger partial charge in [0.1, 0.15) is 6.10 Å². The van der Waals surface area contributed by atoms with E-state index in [-0.39, 0.29) is 17.8 Å². The lowest BCUT2D eigenvalue weighted by Gasteiger charge is -2.18. The molecule has 5 heteroatoms. The van der Waals surface area contributed by atoms with Crippen LogP contribution in [0, 0.1) is 17.0 Å². The van der Waals surface area contributed by atoms with E-state index in [9.17, 15) is 10.1 Å². The summed E-state index contributed by atoms with van der Waals surface area (Å²) in [5.41, 5.74) is 6.55. The van der Waals surface area contributed by atoms with Crippen molar-refractivity contribution in [2.24, 2.45) is 5.73 Å². The van der Waals surface area contributed by atoms with E-state index in [0.29, 0.717) is 11.3 Å². The van der Waals surface area contributed by atoms with Gasteiger partial charge in [0.25, 0.3) is 0 Å². The predicted molar refractivity (Wildman–Crippen MR) is 64.1 cm³/mol. The van der Waals surface area contributed by atoms with Crippen molar-refractivity contribution in [1.82, 2.24) is 0 Å². The number of para-hydroxylation sites is 1. The molecule has 2 unspecified atom stereocenters. The lowest BCUT2D eigenvalue weighted by Crippen LogP contribution is -2.33. The minimum absolute atomic E-state index is 0.0184. The summed E-state index contributed by atoms with van der Waals surface area (Å²) in [5, 5.41) is 11.0. The number of ether oxygens (including phenoxy) is 1. The minimum atomic E-state index is -0.398. The Morgan fingerprint density at radius 3 is 2.82 bits per heavy atom. The van der Waals surface area contributed by atoms with Crippen LogP contribution >= 0.6 is 0 Å². The Balaban J connectivity index is 2.26. The van der Waals surface area contributed by atoms with E-state index in [1.807, 2.05) is 0 Å². The highest BCUT2D eigenvalue weighted by atomic mass is 16.6. The zero-order chi connectivity index (χ0) is 12.4. The summed E-state index contributed by atoms with van der Waals surface area (Å²) in [6, 6.07) is 5.09. The van der Waals surface area contributed by atoms with Gasteiger partial charge in [-0.05, 0) is 32.3 Å². The fourth-order valence-corrected chi connectivity index (χ4v) is 2.23. The molecule has 0 amide bonds. The largest absolute Gasteiger partial charge is 0.482 e. The molecule has 0 saturated heterocycles. The lowest BCUT2D eigenvalue weighted by molar-refractivity contribution is -0.386. The predicted octanol–water partition coefficient (Wildman–Crippen LogP) is 2.16. The Labute approximate surface area is 99.7 Å². The summed E-state index contributed by atoms with van der Waals surface area (Å²) in [4.78, 5) is 10.6. The second kappa shape index (κ2) is 4.71. The molecule has 0 radical (unpaired) electrons. The lowest BCUT2D eigenvalue weighted by atomic mass is 10.2. The van der Waals surface area contributed by atoms with Gasteiger partial charge in [-0.1, -0.05) is 12.1 Å². The van der Waals surface area contributed by atoms with Crippen LogP contribution in [0.5, 0.6) is 5.75 Å². The SMILES string of the molecule is Cc1cccc(OC2CCCC2N)c1[N+](=O)[O-]. The summed E-state index contributed by atoms with van der Waals surface area (Å²) >= 11 is 0. The van der Waals surface area contributed by atoms with Crippen LogP contribution in [0.3, 0.4) is 0 Å². The summed E-state index contributed by atoms with van der Waals surface area (Å²) in [6.07, 6.45) is 2.71. The van der Waals surface area contributed by atoms with Gasteiger partial charge in [0.15, 0.2) is 5.75 Å². The van der Waals surface area contributed by atoms with Gasteiger partial charge < -0.3 is 10.5 Å². The van der Waals surface area contributed by atoms with Crippen LogP contribution in [0.2, 0.25) is 0 Å². The summed E-state index contributed by atoms with van der Waals surface area (Å²) < 4.78 is 5.69. The Hall–Kier alpha value is -1.62. The second-order valence-corrected chi connectivity index (χ2v) is 4.43. The summed E-state index contributed by atoms with van der Waals surface area (Å²) in [6.45, 7) is 1.71. The van der Waals surface area contributed by atoms with Crippen molar-refractivity contribution < 1.29 is 9.66 Å². The maximum absolute atomic E-state index is 11.0. The van der Waals surface area contributed by atoms with Crippen LogP contribution in [-0.4, -0.2) is 17.1 Å². The Bertz CT molecular complexity index is 434. The number of nitro groups is 1. The number of nitrogens with two attached hydrogens (primary N) is 1. The van der Waals surface area contributed by atoms with Crippen molar-refractivity contribution in [2.45, 2.75) is 38.3 Å². The molecule has 2 rings (SSSR count). The molecule has 1 aromatic carbocycles. The summed E-state index contributed by atoms with van der Waals surface area (Å²) in [7, 11) is 0. The highest BCUT2D eigenvalue weighted by Gasteiger charge is 2.28. The molecule has 1 aliphatic carbocycles. The zero-order valence-electron chi connectivity index (χ0n) is 9.76. The zero-order valence-corrected chi connectivity index (χ0v) is 9.76. The molecule has 2 N–H and O–H groups in total. The van der Waals surface area contributed by atoms with Crippen molar-refractivity contribution >= 4 is 5.69 Å². The molecule has 1 fully saturated rings. The fraction of sp³-hybridized carbons (Fsp3) is 0.500. The number of nitrogens with zero attached hydrogens (tertiary/aromatic N) is 1. The maximum Gasteiger partial charge on any atom is 0.313 e. The van der Waals surface area contributed by atoms with E-state index in [1.54, 1.807) is 25.1 Å². The van der Waals surface area contributed by atoms with Crippen molar-refractivity contribution in [1.29, 1.82) is 0 Å². The number of rotatable bonds is 3. The number of nitro benzene ring substituents is 1. The molecular weight excluding hydrogens is 220 g/mol. The van der Waals surface area contributed by atoms with Crippen molar-refractivity contribution in [3.05, 3.63) is 33.9 Å². The van der Waals surface area contributed by atoms with Gasteiger partial charge in [0.2, 0.25) is 0 Å². The molecule has 0 aromatic heterocycles. The molecule has 1 aliphatic rings. The van der Waals surface area contributed by atoms with E-state index >= 15 is 0 Å². The third-order valence-electron chi connectivity index (χ3n) is 3.17. The first-order valence-electron chi connectivity index (χ1n) is 5.76. The van der Waals surface area contributed by atoms with Gasteiger partial charge in [-0.3, -0.25) is 10.1 Å². The third kappa shape index (κ3) is 2.39. The van der Waals surface area contributed by atoms with E-state index in [4.69, 9.17) is 10.5 Å². The molecule has 2 atom stereocenters. The topological polar surface area (TPSA) is 78.4 Å². The van der Waals surface area contributed by atoms with E-state index in [0.717, 1.165) is 19.3 Å². The summed E-state index contributed by atoms with van der Waals surface area (Å²) in [5.74, 6) is 0.331. The molecule has 0 spiro atoms. The highest BCUT2D eigenvalue weighted by molar-refractivity contribution is 5.52. The van der Waals surface area contributed by atoms with Crippen LogP contribution < -0.4 is 10.5 Å². The van der Waals surface area contributed by atoms with Crippen molar-refractivity contribution in [3.8, 4) is 5.75 Å². The molecular formula is C12H16N2O3. The normalized spacial score (nSPS) is 23.6. The fourth-order valence-electron chi connectivity index (χ4n) is 2.23. The smallest absolute Gasteiger partial charge is 0.313 e. The van der Waals surface area contributed by atoms with Gasteiger partial charge in [0.05, 0.1) is 4.92 Å². The molecule has 1 saturated carbocycles. The molecule has 92 valence electrons. The average molecular weight is 236 g/mol. The van der Waals surface area contributed by atoms with Crippen LogP contribution in [0.1, 0.15) is 24.8 Å². The molecule has 0 bridgehead atoms. The van der Waals surface area contributed by atoms with Gasteiger partial charge in [0, 0.05) is 11.6 Å². The number of hydrogen-bond donors (Lipinski definition) is 1. The molecule has 0 aliphatic heterocycles. The molecule has 0 heterocycles. The Kier molecular flexibility index (Phi) is 3.28.